The number of amides is 3. The summed E-state index contributed by atoms with van der Waals surface area (Å²) < 4.78 is 0. The van der Waals surface area contributed by atoms with Gasteiger partial charge in [0.2, 0.25) is 5.91 Å². The molecule has 1 heterocycles. The van der Waals surface area contributed by atoms with E-state index in [1.165, 1.54) is 0 Å². The molecular formula is C7H12N2O3. The van der Waals surface area contributed by atoms with E-state index in [0.717, 1.165) is 4.90 Å². The molecule has 0 saturated carbocycles. The van der Waals surface area contributed by atoms with Crippen molar-refractivity contribution in [2.75, 3.05) is 13.1 Å². The average molecular weight is 172 g/mol. The number of nitrogens with zero attached hydrogens (tertiary/aromatic N) is 1. The number of aliphatic hydroxyl groups excluding tert-OH is 1. The van der Waals surface area contributed by atoms with Gasteiger partial charge in [0.15, 0.2) is 0 Å². The molecule has 12 heavy (non-hydrogen) atoms. The summed E-state index contributed by atoms with van der Waals surface area (Å²) in [5, 5.41) is 11.3. The Hall–Kier alpha value is -1.10. The molecule has 1 atom stereocenters. The minimum Gasteiger partial charge on any atom is -0.393 e. The molecule has 0 bridgehead atoms. The van der Waals surface area contributed by atoms with Crippen LogP contribution >= 0.6 is 0 Å². The standard InChI is InChI=1S/C7H12N2O3/c1-5(10)2-3-9-6(11)4-8-7(9)12/h5,10H,2-4H2,1H3,(H,8,12). The zero-order valence-electron chi connectivity index (χ0n) is 6.91. The van der Waals surface area contributed by atoms with Crippen molar-refractivity contribution in [2.24, 2.45) is 0 Å². The predicted octanol–water partition coefficient (Wildman–Crippen LogP) is -0.691. The Kier molecular flexibility index (Phi) is 2.65. The second-order valence-corrected chi connectivity index (χ2v) is 2.84. The van der Waals surface area contributed by atoms with Crippen molar-refractivity contribution in [1.29, 1.82) is 0 Å². The van der Waals surface area contributed by atoms with Gasteiger partial charge in [0, 0.05) is 6.54 Å². The highest BCUT2D eigenvalue weighted by molar-refractivity contribution is 6.01. The number of carbonyl (C=O) groups excluding carboxylic acids is 2. The first-order chi connectivity index (χ1) is 5.61. The maximum absolute atomic E-state index is 11.0. The summed E-state index contributed by atoms with van der Waals surface area (Å²) in [5.41, 5.74) is 0. The first kappa shape index (κ1) is 8.99. The van der Waals surface area contributed by atoms with Crippen LogP contribution in [0.2, 0.25) is 0 Å². The van der Waals surface area contributed by atoms with Crippen molar-refractivity contribution in [3.63, 3.8) is 0 Å². The normalized spacial score (nSPS) is 19.7. The topological polar surface area (TPSA) is 69.6 Å². The van der Waals surface area contributed by atoms with Gasteiger partial charge in [0.25, 0.3) is 0 Å². The average Bonchev–Trinajstić information content (AvgIpc) is 2.28. The van der Waals surface area contributed by atoms with Crippen LogP contribution < -0.4 is 5.32 Å². The lowest BCUT2D eigenvalue weighted by atomic mass is 10.3. The summed E-state index contributed by atoms with van der Waals surface area (Å²) in [7, 11) is 0. The van der Waals surface area contributed by atoms with Gasteiger partial charge in [-0.2, -0.15) is 0 Å². The highest BCUT2D eigenvalue weighted by atomic mass is 16.3. The summed E-state index contributed by atoms with van der Waals surface area (Å²) in [6.07, 6.45) is -0.0506. The molecule has 1 fully saturated rings. The van der Waals surface area contributed by atoms with Crippen molar-refractivity contribution < 1.29 is 14.7 Å². The molecule has 5 heteroatoms. The van der Waals surface area contributed by atoms with E-state index in [2.05, 4.69) is 5.32 Å². The molecule has 1 aliphatic rings. The van der Waals surface area contributed by atoms with Crippen LogP contribution in [0.1, 0.15) is 13.3 Å². The quantitative estimate of drug-likeness (QED) is 0.553. The second-order valence-electron chi connectivity index (χ2n) is 2.84. The van der Waals surface area contributed by atoms with E-state index in [9.17, 15) is 9.59 Å². The molecule has 3 amide bonds. The molecule has 1 aliphatic heterocycles. The molecule has 68 valence electrons. The predicted molar refractivity (Wildman–Crippen MR) is 41.4 cm³/mol. The Morgan fingerprint density at radius 1 is 1.67 bits per heavy atom. The lowest BCUT2D eigenvalue weighted by Crippen LogP contribution is -2.33. The van der Waals surface area contributed by atoms with Gasteiger partial charge in [0.1, 0.15) is 0 Å². The van der Waals surface area contributed by atoms with Crippen LogP contribution in [0.15, 0.2) is 0 Å². The molecule has 1 saturated heterocycles. The molecule has 1 rings (SSSR count). The third-order valence-electron chi connectivity index (χ3n) is 1.71. The third kappa shape index (κ3) is 1.94. The number of aliphatic hydroxyl groups is 1. The van der Waals surface area contributed by atoms with Crippen LogP contribution in [-0.2, 0) is 4.79 Å². The zero-order chi connectivity index (χ0) is 9.14. The number of imide groups is 1. The van der Waals surface area contributed by atoms with Crippen LogP contribution in [0.25, 0.3) is 0 Å². The van der Waals surface area contributed by atoms with E-state index in [4.69, 9.17) is 5.11 Å². The van der Waals surface area contributed by atoms with E-state index in [0.29, 0.717) is 13.0 Å². The Bertz CT molecular complexity index is 187. The lowest BCUT2D eigenvalue weighted by Gasteiger charge is -2.12. The number of hydrogen-bond donors (Lipinski definition) is 2. The third-order valence-corrected chi connectivity index (χ3v) is 1.71. The Morgan fingerprint density at radius 2 is 2.33 bits per heavy atom. The van der Waals surface area contributed by atoms with Crippen LogP contribution in [0.5, 0.6) is 0 Å². The first-order valence-corrected chi connectivity index (χ1v) is 3.87. The van der Waals surface area contributed by atoms with Gasteiger partial charge in [-0.1, -0.05) is 0 Å². The fourth-order valence-electron chi connectivity index (χ4n) is 0.998. The summed E-state index contributed by atoms with van der Waals surface area (Å²) >= 11 is 0. The van der Waals surface area contributed by atoms with E-state index in [1.807, 2.05) is 0 Å². The maximum Gasteiger partial charge on any atom is 0.324 e. The second kappa shape index (κ2) is 3.53. The molecule has 0 spiro atoms. The Labute approximate surface area is 70.4 Å². The molecule has 0 aromatic heterocycles. The molecular weight excluding hydrogens is 160 g/mol. The maximum atomic E-state index is 11.0. The fraction of sp³-hybridized carbons (Fsp3) is 0.714. The van der Waals surface area contributed by atoms with Gasteiger partial charge < -0.3 is 10.4 Å². The smallest absolute Gasteiger partial charge is 0.324 e. The fourth-order valence-corrected chi connectivity index (χ4v) is 0.998. The number of hydrogen-bond acceptors (Lipinski definition) is 3. The minimum atomic E-state index is -0.480. The first-order valence-electron chi connectivity index (χ1n) is 3.87. The Morgan fingerprint density at radius 3 is 2.75 bits per heavy atom. The molecule has 0 aromatic carbocycles. The van der Waals surface area contributed by atoms with Crippen molar-refractivity contribution in [3.05, 3.63) is 0 Å². The lowest BCUT2D eigenvalue weighted by molar-refractivity contribution is -0.125. The highest BCUT2D eigenvalue weighted by Gasteiger charge is 2.27. The van der Waals surface area contributed by atoms with Crippen LogP contribution in [-0.4, -0.2) is 41.1 Å². The number of carbonyl (C=O) groups is 2. The highest BCUT2D eigenvalue weighted by Crippen LogP contribution is 2.01. The monoisotopic (exact) mass is 172 g/mol. The molecule has 2 N–H and O–H groups in total. The van der Waals surface area contributed by atoms with Crippen LogP contribution in [0, 0.1) is 0 Å². The number of nitrogens with one attached hydrogen (secondary N) is 1. The van der Waals surface area contributed by atoms with Crippen molar-refractivity contribution in [3.8, 4) is 0 Å². The number of rotatable bonds is 3. The van der Waals surface area contributed by atoms with Crippen molar-refractivity contribution in [1.82, 2.24) is 10.2 Å². The van der Waals surface area contributed by atoms with Gasteiger partial charge >= 0.3 is 6.03 Å². The molecule has 0 aromatic rings. The zero-order valence-corrected chi connectivity index (χ0v) is 6.91. The Balaban J connectivity index is 2.40. The summed E-state index contributed by atoms with van der Waals surface area (Å²) in [6.45, 7) is 2.00. The van der Waals surface area contributed by atoms with Gasteiger partial charge in [-0.25, -0.2) is 4.79 Å². The van der Waals surface area contributed by atoms with Crippen LogP contribution in [0.3, 0.4) is 0 Å². The summed E-state index contributed by atoms with van der Waals surface area (Å²) in [4.78, 5) is 23.0. The molecule has 0 aliphatic carbocycles. The van der Waals surface area contributed by atoms with E-state index in [-0.39, 0.29) is 18.5 Å². The van der Waals surface area contributed by atoms with E-state index in [1.54, 1.807) is 6.92 Å². The van der Waals surface area contributed by atoms with Gasteiger partial charge in [-0.3, -0.25) is 9.69 Å². The molecule has 0 radical (unpaired) electrons. The van der Waals surface area contributed by atoms with Crippen molar-refractivity contribution >= 4 is 11.9 Å². The molecule has 5 nitrogen and oxygen atoms in total. The number of urea groups is 1. The molecule has 1 unspecified atom stereocenters. The van der Waals surface area contributed by atoms with Gasteiger partial charge in [0.05, 0.1) is 12.6 Å². The largest absolute Gasteiger partial charge is 0.393 e. The van der Waals surface area contributed by atoms with Crippen LogP contribution in [0.4, 0.5) is 4.79 Å². The van der Waals surface area contributed by atoms with Gasteiger partial charge in [-0.05, 0) is 13.3 Å². The summed E-state index contributed by atoms with van der Waals surface area (Å²) in [6, 6.07) is -0.361. The SMILES string of the molecule is CC(O)CCN1C(=O)CNC1=O. The van der Waals surface area contributed by atoms with E-state index < -0.39 is 6.10 Å². The minimum absolute atomic E-state index is 0.0820. The van der Waals surface area contributed by atoms with Crippen molar-refractivity contribution in [2.45, 2.75) is 19.4 Å². The summed E-state index contributed by atoms with van der Waals surface area (Å²) in [5.74, 6) is -0.222. The van der Waals surface area contributed by atoms with E-state index >= 15 is 0 Å². The van der Waals surface area contributed by atoms with Gasteiger partial charge in [-0.15, -0.1) is 0 Å².